The van der Waals surface area contributed by atoms with Gasteiger partial charge >= 0.3 is 0 Å². The second-order valence-electron chi connectivity index (χ2n) is 14.2. The Hall–Kier alpha value is -2.82. The lowest BCUT2D eigenvalue weighted by molar-refractivity contribution is 0.0322. The number of aromatic hydroxyl groups is 2. The molecule has 4 aliphatic rings. The molecule has 1 heterocycles. The summed E-state index contributed by atoms with van der Waals surface area (Å²) < 4.78 is 0. The lowest BCUT2D eigenvalue weighted by Gasteiger charge is -2.54. The first-order chi connectivity index (χ1) is 20.2. The van der Waals surface area contributed by atoms with Gasteiger partial charge in [-0.15, -0.1) is 0 Å². The van der Waals surface area contributed by atoms with Crippen molar-refractivity contribution in [1.82, 2.24) is 4.90 Å². The van der Waals surface area contributed by atoms with Gasteiger partial charge in [-0.3, -0.25) is 4.90 Å². The van der Waals surface area contributed by atoms with Gasteiger partial charge in [0.05, 0.1) is 0 Å². The summed E-state index contributed by atoms with van der Waals surface area (Å²) in [5, 5.41) is 19.7. The number of benzene rings is 3. The van der Waals surface area contributed by atoms with Crippen LogP contribution in [0.15, 0.2) is 66.7 Å². The molecule has 3 aromatic rings. The van der Waals surface area contributed by atoms with Gasteiger partial charge in [-0.2, -0.15) is 0 Å². The predicted octanol–water partition coefficient (Wildman–Crippen LogP) is 7.27. The van der Waals surface area contributed by atoms with Gasteiger partial charge in [-0.05, 0) is 114 Å². The van der Waals surface area contributed by atoms with Crippen LogP contribution in [0, 0.1) is 11.8 Å². The SMILES string of the molecule is CC1C2Cc3ccc(O)cc3C1(C)CCN2CCc1ccccc1.C[C@@]12CCCCC[C@@H](Cc3ccc(O)cc31)[C@@H]2N. The Bertz CT molecular complexity index is 1390. The van der Waals surface area contributed by atoms with Gasteiger partial charge in [-0.1, -0.05) is 82.5 Å². The van der Waals surface area contributed by atoms with E-state index in [4.69, 9.17) is 5.73 Å². The third-order valence-electron chi connectivity index (χ3n) is 11.8. The number of hydrogen-bond acceptors (Lipinski definition) is 4. The van der Waals surface area contributed by atoms with E-state index >= 15 is 0 Å². The molecular formula is C38H50N2O2. The maximum absolute atomic E-state index is 9.94. The van der Waals surface area contributed by atoms with Crippen molar-refractivity contribution in [3.8, 4) is 11.5 Å². The molecule has 1 saturated heterocycles. The van der Waals surface area contributed by atoms with Crippen LogP contribution in [0.4, 0.5) is 0 Å². The summed E-state index contributed by atoms with van der Waals surface area (Å²) >= 11 is 0. The first-order valence-corrected chi connectivity index (χ1v) is 16.4. The monoisotopic (exact) mass is 566 g/mol. The minimum absolute atomic E-state index is 0.0530. The molecule has 3 aromatic carbocycles. The lowest BCUT2D eigenvalue weighted by atomic mass is 9.59. The third-order valence-corrected chi connectivity index (χ3v) is 11.8. The van der Waals surface area contributed by atoms with Crippen molar-refractivity contribution in [2.24, 2.45) is 17.6 Å². The summed E-state index contributed by atoms with van der Waals surface area (Å²) in [4.78, 5) is 2.70. The highest BCUT2D eigenvalue weighted by Gasteiger charge is 2.48. The number of fused-ring (bicyclic) bond motifs is 8. The Morgan fingerprint density at radius 2 is 1.48 bits per heavy atom. The number of phenolic OH excluding ortho intramolecular Hbond substituents is 2. The highest BCUT2D eigenvalue weighted by Crippen LogP contribution is 2.49. The number of likely N-dealkylation sites (tertiary alicyclic amines) is 1. The fraction of sp³-hybridized carbons (Fsp3) is 0.526. The Morgan fingerprint density at radius 1 is 0.810 bits per heavy atom. The molecule has 0 radical (unpaired) electrons. The minimum atomic E-state index is 0.0530. The summed E-state index contributed by atoms with van der Waals surface area (Å²) in [5.41, 5.74) is 13.8. The molecule has 0 aromatic heterocycles. The van der Waals surface area contributed by atoms with Gasteiger partial charge in [0.1, 0.15) is 11.5 Å². The standard InChI is InChI=1S/C22H27NO.C16H23NO/c1-16-21-14-18-8-9-19(24)15-20(18)22(16,2)11-13-23(21)12-10-17-6-4-3-5-7-17;1-16-8-4-2-3-5-12(15(16)17)9-11-6-7-13(18)10-14(11)16/h3-9,15-16,21,24H,10-14H2,1-2H3;6-7,10,12,15,18H,2-5,8-9,17H2,1H3/t;12-,15-,16+/m.0/s1. The number of nitrogens with two attached hydrogens (primary N) is 1. The summed E-state index contributed by atoms with van der Waals surface area (Å²) in [5.74, 6) is 2.03. The second-order valence-corrected chi connectivity index (χ2v) is 14.2. The summed E-state index contributed by atoms with van der Waals surface area (Å²) in [6.45, 7) is 9.41. The molecule has 4 bridgehead atoms. The number of rotatable bonds is 3. The van der Waals surface area contributed by atoms with Gasteiger partial charge < -0.3 is 15.9 Å². The van der Waals surface area contributed by atoms with Crippen LogP contribution in [0.1, 0.15) is 87.1 Å². The topological polar surface area (TPSA) is 69.7 Å². The fourth-order valence-electron chi connectivity index (χ4n) is 8.93. The predicted molar refractivity (Wildman–Crippen MR) is 172 cm³/mol. The zero-order valence-electron chi connectivity index (χ0n) is 25.9. The molecule has 42 heavy (non-hydrogen) atoms. The van der Waals surface area contributed by atoms with Crippen molar-refractivity contribution >= 4 is 0 Å². The van der Waals surface area contributed by atoms with Crippen LogP contribution in [0.25, 0.3) is 0 Å². The van der Waals surface area contributed by atoms with Gasteiger partial charge in [-0.25, -0.2) is 0 Å². The molecule has 4 nitrogen and oxygen atoms in total. The zero-order chi connectivity index (χ0) is 29.5. The summed E-state index contributed by atoms with van der Waals surface area (Å²) in [6, 6.07) is 23.6. The minimum Gasteiger partial charge on any atom is -0.508 e. The molecule has 1 aliphatic heterocycles. The van der Waals surface area contributed by atoms with Crippen LogP contribution in [-0.4, -0.2) is 40.3 Å². The van der Waals surface area contributed by atoms with Gasteiger partial charge in [0, 0.05) is 24.0 Å². The maximum atomic E-state index is 9.94. The summed E-state index contributed by atoms with van der Waals surface area (Å²) in [6.07, 6.45) is 10.8. The smallest absolute Gasteiger partial charge is 0.115 e. The highest BCUT2D eigenvalue weighted by molar-refractivity contribution is 5.45. The molecule has 3 unspecified atom stereocenters. The Kier molecular flexibility index (Phi) is 8.15. The van der Waals surface area contributed by atoms with Crippen molar-refractivity contribution in [3.05, 3.63) is 94.5 Å². The number of nitrogens with zero attached hydrogens (tertiary/aromatic N) is 1. The van der Waals surface area contributed by atoms with E-state index in [2.05, 4.69) is 68.1 Å². The molecule has 2 fully saturated rings. The molecule has 7 rings (SSSR count). The van der Waals surface area contributed by atoms with Gasteiger partial charge in [0.25, 0.3) is 0 Å². The van der Waals surface area contributed by atoms with Gasteiger partial charge in [0.15, 0.2) is 0 Å². The highest BCUT2D eigenvalue weighted by atomic mass is 16.3. The Labute approximate surface area is 253 Å². The van der Waals surface area contributed by atoms with E-state index in [0.29, 0.717) is 29.4 Å². The van der Waals surface area contributed by atoms with Crippen LogP contribution in [0.2, 0.25) is 0 Å². The van der Waals surface area contributed by atoms with E-state index in [9.17, 15) is 10.2 Å². The largest absolute Gasteiger partial charge is 0.508 e. The van der Waals surface area contributed by atoms with Crippen molar-refractivity contribution in [2.45, 2.75) is 101 Å². The van der Waals surface area contributed by atoms with E-state index in [-0.39, 0.29) is 16.9 Å². The molecule has 3 aliphatic carbocycles. The Morgan fingerprint density at radius 3 is 2.19 bits per heavy atom. The molecule has 224 valence electrons. The van der Waals surface area contributed by atoms with Crippen LogP contribution < -0.4 is 5.73 Å². The van der Waals surface area contributed by atoms with Crippen LogP contribution in [0.3, 0.4) is 0 Å². The quantitative estimate of drug-likeness (QED) is 0.312. The molecule has 6 atom stereocenters. The average molecular weight is 567 g/mol. The number of hydrogen-bond donors (Lipinski definition) is 3. The average Bonchev–Trinajstić information content (AvgIpc) is 2.98. The molecule has 4 heteroatoms. The molecule has 1 saturated carbocycles. The van der Waals surface area contributed by atoms with Crippen LogP contribution in [0.5, 0.6) is 11.5 Å². The van der Waals surface area contributed by atoms with E-state index in [1.807, 2.05) is 24.3 Å². The van der Waals surface area contributed by atoms with Crippen LogP contribution >= 0.6 is 0 Å². The van der Waals surface area contributed by atoms with E-state index in [1.54, 1.807) is 0 Å². The molecule has 0 amide bonds. The first-order valence-electron chi connectivity index (χ1n) is 16.4. The van der Waals surface area contributed by atoms with E-state index in [0.717, 1.165) is 38.8 Å². The van der Waals surface area contributed by atoms with Crippen LogP contribution in [-0.2, 0) is 30.1 Å². The fourth-order valence-corrected chi connectivity index (χ4v) is 8.93. The normalized spacial score (nSPS) is 31.9. The van der Waals surface area contributed by atoms with Crippen molar-refractivity contribution in [2.75, 3.05) is 13.1 Å². The number of piperidine rings is 1. The van der Waals surface area contributed by atoms with E-state index < -0.39 is 0 Å². The Balaban J connectivity index is 0.000000157. The maximum Gasteiger partial charge on any atom is 0.115 e. The van der Waals surface area contributed by atoms with Gasteiger partial charge in [0.2, 0.25) is 0 Å². The third kappa shape index (κ3) is 5.37. The molecule has 4 N–H and O–H groups in total. The summed E-state index contributed by atoms with van der Waals surface area (Å²) in [7, 11) is 0. The van der Waals surface area contributed by atoms with Crippen molar-refractivity contribution in [3.63, 3.8) is 0 Å². The van der Waals surface area contributed by atoms with Crippen molar-refractivity contribution < 1.29 is 10.2 Å². The first kappa shape index (κ1) is 29.3. The van der Waals surface area contributed by atoms with E-state index in [1.165, 1.54) is 59.9 Å². The molecular weight excluding hydrogens is 516 g/mol. The number of phenols is 2. The molecule has 0 spiro atoms. The lowest BCUT2D eigenvalue weighted by Crippen LogP contribution is -2.58. The zero-order valence-corrected chi connectivity index (χ0v) is 25.9. The second kappa shape index (κ2) is 11.7. The van der Waals surface area contributed by atoms with Crippen molar-refractivity contribution in [1.29, 1.82) is 0 Å².